The Bertz CT molecular complexity index is 628. The lowest BCUT2D eigenvalue weighted by molar-refractivity contribution is 0.526. The van der Waals surface area contributed by atoms with E-state index in [9.17, 15) is 4.39 Å². The van der Waals surface area contributed by atoms with Crippen molar-refractivity contribution in [2.24, 2.45) is 0 Å². The van der Waals surface area contributed by atoms with Crippen LogP contribution in [-0.4, -0.2) is 6.54 Å². The Morgan fingerprint density at radius 3 is 2.57 bits per heavy atom. The van der Waals surface area contributed by atoms with Crippen molar-refractivity contribution < 1.29 is 4.39 Å². The first-order chi connectivity index (χ1) is 10.0. The van der Waals surface area contributed by atoms with Gasteiger partial charge in [-0.2, -0.15) is 0 Å². The summed E-state index contributed by atoms with van der Waals surface area (Å²) in [5.74, 6) is -0.163. The molecule has 0 amide bonds. The van der Waals surface area contributed by atoms with E-state index in [1.165, 1.54) is 11.6 Å². The molecule has 21 heavy (non-hydrogen) atoms. The number of aryl methyl sites for hydroxylation is 1. The molecule has 2 aromatic rings. The molecule has 0 spiro atoms. The van der Waals surface area contributed by atoms with E-state index in [1.807, 2.05) is 6.07 Å². The zero-order valence-corrected chi connectivity index (χ0v) is 15.3. The summed E-state index contributed by atoms with van der Waals surface area (Å²) in [4.78, 5) is 0. The highest BCUT2D eigenvalue weighted by molar-refractivity contribution is 9.10. The number of halogens is 3. The lowest BCUT2D eigenvalue weighted by Crippen LogP contribution is -2.23. The van der Waals surface area contributed by atoms with E-state index in [2.05, 4.69) is 69.2 Å². The molecule has 0 bridgehead atoms. The first-order valence-electron chi connectivity index (χ1n) is 6.94. The molecule has 0 aliphatic carbocycles. The van der Waals surface area contributed by atoms with Crippen LogP contribution in [0, 0.1) is 12.7 Å². The number of rotatable bonds is 5. The fourth-order valence-electron chi connectivity index (χ4n) is 2.37. The SMILES string of the molecule is CCNC(Cc1cc(Br)ccc1F)c1ccc(C)cc1Br. The van der Waals surface area contributed by atoms with Gasteiger partial charge in [0.2, 0.25) is 0 Å². The van der Waals surface area contributed by atoms with Crippen molar-refractivity contribution in [2.75, 3.05) is 6.54 Å². The molecule has 0 saturated carbocycles. The van der Waals surface area contributed by atoms with Crippen LogP contribution in [0.5, 0.6) is 0 Å². The Balaban J connectivity index is 2.32. The number of hydrogen-bond donors (Lipinski definition) is 1. The molecular formula is C17H18Br2FN. The molecule has 2 rings (SSSR count). The minimum Gasteiger partial charge on any atom is -0.310 e. The van der Waals surface area contributed by atoms with E-state index < -0.39 is 0 Å². The smallest absolute Gasteiger partial charge is 0.126 e. The first-order valence-corrected chi connectivity index (χ1v) is 8.53. The molecule has 0 fully saturated rings. The Kier molecular flexibility index (Phi) is 5.97. The maximum atomic E-state index is 14.0. The molecule has 1 atom stereocenters. The van der Waals surface area contributed by atoms with Gasteiger partial charge >= 0.3 is 0 Å². The van der Waals surface area contributed by atoms with Gasteiger partial charge in [-0.1, -0.05) is 50.9 Å². The Morgan fingerprint density at radius 1 is 1.14 bits per heavy atom. The quantitative estimate of drug-likeness (QED) is 0.675. The highest BCUT2D eigenvalue weighted by Crippen LogP contribution is 2.28. The van der Waals surface area contributed by atoms with E-state index in [0.717, 1.165) is 21.1 Å². The molecule has 2 aromatic carbocycles. The first kappa shape index (κ1) is 16.7. The summed E-state index contributed by atoms with van der Waals surface area (Å²) < 4.78 is 15.9. The molecule has 4 heteroatoms. The molecule has 0 radical (unpaired) electrons. The summed E-state index contributed by atoms with van der Waals surface area (Å²) >= 11 is 7.03. The van der Waals surface area contributed by atoms with E-state index >= 15 is 0 Å². The maximum Gasteiger partial charge on any atom is 0.126 e. The van der Waals surface area contributed by atoms with Crippen molar-refractivity contribution >= 4 is 31.9 Å². The number of hydrogen-bond acceptors (Lipinski definition) is 1. The summed E-state index contributed by atoms with van der Waals surface area (Å²) in [6, 6.07) is 11.4. The van der Waals surface area contributed by atoms with Crippen molar-refractivity contribution in [3.8, 4) is 0 Å². The molecule has 1 nitrogen and oxygen atoms in total. The second-order valence-corrected chi connectivity index (χ2v) is 6.85. The van der Waals surface area contributed by atoms with Crippen LogP contribution >= 0.6 is 31.9 Å². The molecular weight excluding hydrogens is 397 g/mol. The fourth-order valence-corrected chi connectivity index (χ4v) is 3.55. The minimum absolute atomic E-state index is 0.0776. The van der Waals surface area contributed by atoms with Gasteiger partial charge in [-0.15, -0.1) is 0 Å². The lowest BCUT2D eigenvalue weighted by atomic mass is 9.97. The number of benzene rings is 2. The third kappa shape index (κ3) is 4.38. The average molecular weight is 415 g/mol. The normalized spacial score (nSPS) is 12.4. The van der Waals surface area contributed by atoms with Crippen LogP contribution in [0.25, 0.3) is 0 Å². The van der Waals surface area contributed by atoms with Crippen molar-refractivity contribution in [1.82, 2.24) is 5.32 Å². The molecule has 0 saturated heterocycles. The van der Waals surface area contributed by atoms with Gasteiger partial charge in [0.05, 0.1) is 0 Å². The number of likely N-dealkylation sites (N-methyl/N-ethyl adjacent to an activating group) is 1. The van der Waals surface area contributed by atoms with Gasteiger partial charge in [-0.3, -0.25) is 0 Å². The number of nitrogens with one attached hydrogen (secondary N) is 1. The molecule has 0 aliphatic rings. The summed E-state index contributed by atoms with van der Waals surface area (Å²) in [5.41, 5.74) is 3.07. The van der Waals surface area contributed by atoms with Crippen molar-refractivity contribution in [2.45, 2.75) is 26.3 Å². The van der Waals surface area contributed by atoms with Gasteiger partial charge in [0, 0.05) is 15.0 Å². The Morgan fingerprint density at radius 2 is 1.90 bits per heavy atom. The van der Waals surface area contributed by atoms with Crippen LogP contribution in [0.4, 0.5) is 4.39 Å². The Labute approximate surface area is 142 Å². The van der Waals surface area contributed by atoms with Crippen LogP contribution in [0.1, 0.15) is 29.7 Å². The second-order valence-electron chi connectivity index (χ2n) is 5.08. The van der Waals surface area contributed by atoms with Gasteiger partial charge in [0.15, 0.2) is 0 Å². The van der Waals surface area contributed by atoms with Gasteiger partial charge in [-0.05, 0) is 60.8 Å². The van der Waals surface area contributed by atoms with Crippen molar-refractivity contribution in [3.63, 3.8) is 0 Å². The van der Waals surface area contributed by atoms with Crippen LogP contribution in [0.2, 0.25) is 0 Å². The topological polar surface area (TPSA) is 12.0 Å². The van der Waals surface area contributed by atoms with Gasteiger partial charge in [0.25, 0.3) is 0 Å². The van der Waals surface area contributed by atoms with E-state index in [4.69, 9.17) is 0 Å². The predicted octanol–water partition coefficient (Wildman–Crippen LogP) is 5.55. The Hall–Kier alpha value is -0.710. The van der Waals surface area contributed by atoms with Crippen molar-refractivity contribution in [3.05, 3.63) is 67.9 Å². The second kappa shape index (κ2) is 7.52. The molecule has 0 aromatic heterocycles. The van der Waals surface area contributed by atoms with Gasteiger partial charge < -0.3 is 5.32 Å². The predicted molar refractivity (Wildman–Crippen MR) is 93.1 cm³/mol. The minimum atomic E-state index is -0.163. The fraction of sp³-hybridized carbons (Fsp3) is 0.294. The zero-order valence-electron chi connectivity index (χ0n) is 12.1. The van der Waals surface area contributed by atoms with Crippen LogP contribution < -0.4 is 5.32 Å². The highest BCUT2D eigenvalue weighted by Gasteiger charge is 2.16. The average Bonchev–Trinajstić information content (AvgIpc) is 2.42. The molecule has 0 aliphatic heterocycles. The van der Waals surface area contributed by atoms with E-state index in [1.54, 1.807) is 6.07 Å². The van der Waals surface area contributed by atoms with Crippen LogP contribution in [-0.2, 0) is 6.42 Å². The lowest BCUT2D eigenvalue weighted by Gasteiger charge is -2.20. The monoisotopic (exact) mass is 413 g/mol. The summed E-state index contributed by atoms with van der Waals surface area (Å²) in [6.45, 7) is 4.96. The van der Waals surface area contributed by atoms with E-state index in [0.29, 0.717) is 12.0 Å². The summed E-state index contributed by atoms with van der Waals surface area (Å²) in [6.07, 6.45) is 0.612. The van der Waals surface area contributed by atoms with Crippen LogP contribution in [0.3, 0.4) is 0 Å². The summed E-state index contributed by atoms with van der Waals surface area (Å²) in [5, 5.41) is 3.44. The molecule has 0 heterocycles. The van der Waals surface area contributed by atoms with E-state index in [-0.39, 0.29) is 11.9 Å². The summed E-state index contributed by atoms with van der Waals surface area (Å²) in [7, 11) is 0. The molecule has 1 N–H and O–H groups in total. The zero-order chi connectivity index (χ0) is 15.4. The third-order valence-electron chi connectivity index (χ3n) is 3.41. The largest absolute Gasteiger partial charge is 0.310 e. The molecule has 1 unspecified atom stereocenters. The standard InChI is InChI=1S/C17H18Br2FN/c1-3-21-17(14-6-4-11(2)8-15(14)19)10-12-9-13(18)5-7-16(12)20/h4-9,17,21H,3,10H2,1-2H3. The van der Waals surface area contributed by atoms with Crippen molar-refractivity contribution in [1.29, 1.82) is 0 Å². The van der Waals surface area contributed by atoms with Gasteiger partial charge in [0.1, 0.15) is 5.82 Å². The maximum absolute atomic E-state index is 14.0. The van der Waals surface area contributed by atoms with Gasteiger partial charge in [-0.25, -0.2) is 4.39 Å². The highest BCUT2D eigenvalue weighted by atomic mass is 79.9. The third-order valence-corrected chi connectivity index (χ3v) is 4.59. The molecule has 112 valence electrons. The van der Waals surface area contributed by atoms with Crippen LogP contribution in [0.15, 0.2) is 45.3 Å².